The highest BCUT2D eigenvalue weighted by Gasteiger charge is 2.27. The predicted octanol–water partition coefficient (Wildman–Crippen LogP) is 2.47. The van der Waals surface area contributed by atoms with E-state index in [4.69, 9.17) is 0 Å². The number of amides is 2. The summed E-state index contributed by atoms with van der Waals surface area (Å²) in [6.45, 7) is 5.75. The van der Waals surface area contributed by atoms with Gasteiger partial charge in [-0.1, -0.05) is 19.9 Å². The van der Waals surface area contributed by atoms with E-state index in [1.807, 2.05) is 19.9 Å². The number of benzene rings is 1. The summed E-state index contributed by atoms with van der Waals surface area (Å²) in [5, 5.41) is 5.14. The molecule has 0 radical (unpaired) electrons. The van der Waals surface area contributed by atoms with Crippen LogP contribution in [0.15, 0.2) is 12.1 Å². The van der Waals surface area contributed by atoms with Crippen LogP contribution in [-0.4, -0.2) is 17.9 Å². The molecule has 1 fully saturated rings. The highest BCUT2D eigenvalue weighted by molar-refractivity contribution is 6.01. The van der Waals surface area contributed by atoms with Gasteiger partial charge in [0.2, 0.25) is 11.8 Å². The van der Waals surface area contributed by atoms with E-state index >= 15 is 0 Å². The SMILES string of the molecule is Cc1c(C(C)C)ccc(NC2CCC(=O)NC2=O)c1F. The predicted molar refractivity (Wildman–Crippen MR) is 75.0 cm³/mol. The van der Waals surface area contributed by atoms with Gasteiger partial charge in [-0.3, -0.25) is 14.9 Å². The topological polar surface area (TPSA) is 58.2 Å². The van der Waals surface area contributed by atoms with E-state index in [1.165, 1.54) is 0 Å². The number of piperidine rings is 1. The van der Waals surface area contributed by atoms with Crippen LogP contribution in [0.25, 0.3) is 0 Å². The molecule has 2 rings (SSSR count). The van der Waals surface area contributed by atoms with Crippen molar-refractivity contribution in [3.8, 4) is 0 Å². The lowest BCUT2D eigenvalue weighted by atomic mass is 9.96. The highest BCUT2D eigenvalue weighted by Crippen LogP contribution is 2.27. The zero-order valence-electron chi connectivity index (χ0n) is 11.9. The molecule has 2 amide bonds. The third-order valence-electron chi connectivity index (χ3n) is 3.62. The molecule has 5 heteroatoms. The Kier molecular flexibility index (Phi) is 4.06. The summed E-state index contributed by atoms with van der Waals surface area (Å²) in [6.07, 6.45) is 0.656. The highest BCUT2D eigenvalue weighted by atomic mass is 19.1. The lowest BCUT2D eigenvalue weighted by Gasteiger charge is -2.24. The van der Waals surface area contributed by atoms with Crippen LogP contribution in [-0.2, 0) is 9.59 Å². The number of carbonyl (C=O) groups excluding carboxylic acids is 2. The van der Waals surface area contributed by atoms with Gasteiger partial charge in [0.1, 0.15) is 11.9 Å². The molecule has 108 valence electrons. The lowest BCUT2D eigenvalue weighted by Crippen LogP contribution is -2.47. The second kappa shape index (κ2) is 5.61. The van der Waals surface area contributed by atoms with Crippen LogP contribution in [0.2, 0.25) is 0 Å². The maximum absolute atomic E-state index is 14.3. The number of carbonyl (C=O) groups is 2. The second-order valence-electron chi connectivity index (χ2n) is 5.44. The first kappa shape index (κ1) is 14.5. The molecule has 4 nitrogen and oxygen atoms in total. The Morgan fingerprint density at radius 1 is 1.35 bits per heavy atom. The van der Waals surface area contributed by atoms with Gasteiger partial charge in [0.15, 0.2) is 0 Å². The third kappa shape index (κ3) is 2.81. The summed E-state index contributed by atoms with van der Waals surface area (Å²) in [6, 6.07) is 2.96. The molecule has 1 unspecified atom stereocenters. The van der Waals surface area contributed by atoms with Crippen LogP contribution in [0, 0.1) is 12.7 Å². The third-order valence-corrected chi connectivity index (χ3v) is 3.62. The summed E-state index contributed by atoms with van der Waals surface area (Å²) >= 11 is 0. The van der Waals surface area contributed by atoms with E-state index in [-0.39, 0.29) is 24.1 Å². The molecule has 1 aromatic rings. The number of imide groups is 1. The number of halogens is 1. The van der Waals surface area contributed by atoms with Crippen molar-refractivity contribution < 1.29 is 14.0 Å². The minimum absolute atomic E-state index is 0.245. The van der Waals surface area contributed by atoms with Crippen LogP contribution in [0.5, 0.6) is 0 Å². The lowest BCUT2D eigenvalue weighted by molar-refractivity contribution is -0.133. The summed E-state index contributed by atoms with van der Waals surface area (Å²) in [4.78, 5) is 22.7. The van der Waals surface area contributed by atoms with Gasteiger partial charge >= 0.3 is 0 Å². The normalized spacial score (nSPS) is 19.1. The quantitative estimate of drug-likeness (QED) is 0.835. The summed E-state index contributed by atoms with van der Waals surface area (Å²) in [5.74, 6) is -0.763. The van der Waals surface area contributed by atoms with Gasteiger partial charge in [0.05, 0.1) is 5.69 Å². The molecule has 0 aliphatic carbocycles. The van der Waals surface area contributed by atoms with E-state index in [9.17, 15) is 14.0 Å². The summed E-state index contributed by atoms with van der Waals surface area (Å²) in [7, 11) is 0. The maximum Gasteiger partial charge on any atom is 0.249 e. The molecular weight excluding hydrogens is 259 g/mol. The molecule has 20 heavy (non-hydrogen) atoms. The first-order chi connectivity index (χ1) is 9.40. The minimum atomic E-state index is -0.563. The number of hydrogen-bond acceptors (Lipinski definition) is 3. The fourth-order valence-electron chi connectivity index (χ4n) is 2.46. The fourth-order valence-corrected chi connectivity index (χ4v) is 2.46. The van der Waals surface area contributed by atoms with Crippen molar-refractivity contribution in [3.63, 3.8) is 0 Å². The van der Waals surface area contributed by atoms with Crippen molar-refractivity contribution in [3.05, 3.63) is 29.1 Å². The van der Waals surface area contributed by atoms with Crippen LogP contribution in [0.1, 0.15) is 43.7 Å². The van der Waals surface area contributed by atoms with Gasteiger partial charge in [-0.15, -0.1) is 0 Å². The van der Waals surface area contributed by atoms with E-state index in [0.29, 0.717) is 17.7 Å². The summed E-state index contributed by atoms with van der Waals surface area (Å²) < 4.78 is 14.3. The Labute approximate surface area is 117 Å². The Morgan fingerprint density at radius 2 is 2.05 bits per heavy atom. The average Bonchev–Trinajstić information content (AvgIpc) is 2.37. The molecule has 0 spiro atoms. The van der Waals surface area contributed by atoms with Crippen molar-refractivity contribution in [2.75, 3.05) is 5.32 Å². The zero-order valence-corrected chi connectivity index (χ0v) is 11.9. The number of rotatable bonds is 3. The van der Waals surface area contributed by atoms with Gasteiger partial charge in [-0.2, -0.15) is 0 Å². The fraction of sp³-hybridized carbons (Fsp3) is 0.467. The van der Waals surface area contributed by atoms with Crippen molar-refractivity contribution in [2.45, 2.75) is 45.6 Å². The smallest absolute Gasteiger partial charge is 0.249 e. The minimum Gasteiger partial charge on any atom is -0.371 e. The molecule has 0 saturated carbocycles. The van der Waals surface area contributed by atoms with Crippen molar-refractivity contribution in [2.24, 2.45) is 0 Å². The molecule has 1 aromatic carbocycles. The Morgan fingerprint density at radius 3 is 2.65 bits per heavy atom. The standard InChI is InChI=1S/C15H19FN2O2/c1-8(2)10-4-5-11(14(16)9(10)3)17-12-6-7-13(19)18-15(12)20/h4-5,8,12,17H,6-7H2,1-3H3,(H,18,19,20). The maximum atomic E-state index is 14.3. The average molecular weight is 278 g/mol. The van der Waals surface area contributed by atoms with Gasteiger partial charge in [-0.05, 0) is 36.5 Å². The molecule has 0 bridgehead atoms. The van der Waals surface area contributed by atoms with E-state index in [2.05, 4.69) is 10.6 Å². The monoisotopic (exact) mass is 278 g/mol. The molecular formula is C15H19FN2O2. The van der Waals surface area contributed by atoms with E-state index in [1.54, 1.807) is 13.0 Å². The molecule has 1 heterocycles. The van der Waals surface area contributed by atoms with Crippen LogP contribution in [0.4, 0.5) is 10.1 Å². The van der Waals surface area contributed by atoms with Gasteiger partial charge in [0, 0.05) is 6.42 Å². The molecule has 1 aliphatic heterocycles. The number of hydrogen-bond donors (Lipinski definition) is 2. The van der Waals surface area contributed by atoms with Crippen LogP contribution < -0.4 is 10.6 Å². The molecule has 2 N–H and O–H groups in total. The van der Waals surface area contributed by atoms with Crippen LogP contribution >= 0.6 is 0 Å². The Balaban J connectivity index is 2.20. The first-order valence-corrected chi connectivity index (χ1v) is 6.79. The Hall–Kier alpha value is -1.91. The molecule has 0 aromatic heterocycles. The van der Waals surface area contributed by atoms with Crippen molar-refractivity contribution in [1.82, 2.24) is 5.32 Å². The summed E-state index contributed by atoms with van der Waals surface area (Å²) in [5.41, 5.74) is 1.86. The number of nitrogens with one attached hydrogen (secondary N) is 2. The number of anilines is 1. The molecule has 1 aliphatic rings. The largest absolute Gasteiger partial charge is 0.371 e. The Bertz CT molecular complexity index is 555. The van der Waals surface area contributed by atoms with E-state index < -0.39 is 11.9 Å². The van der Waals surface area contributed by atoms with Gasteiger partial charge in [-0.25, -0.2) is 4.39 Å². The van der Waals surface area contributed by atoms with Crippen LogP contribution in [0.3, 0.4) is 0 Å². The van der Waals surface area contributed by atoms with E-state index in [0.717, 1.165) is 5.56 Å². The zero-order chi connectivity index (χ0) is 14.9. The first-order valence-electron chi connectivity index (χ1n) is 6.79. The van der Waals surface area contributed by atoms with Crippen molar-refractivity contribution in [1.29, 1.82) is 0 Å². The van der Waals surface area contributed by atoms with Gasteiger partial charge in [0.25, 0.3) is 0 Å². The van der Waals surface area contributed by atoms with Crippen molar-refractivity contribution >= 4 is 17.5 Å². The van der Waals surface area contributed by atoms with Gasteiger partial charge < -0.3 is 5.32 Å². The molecule has 1 saturated heterocycles. The molecule has 1 atom stereocenters. The second-order valence-corrected chi connectivity index (χ2v) is 5.44.